The first-order chi connectivity index (χ1) is 8.58. The first kappa shape index (κ1) is 12.6. The number of aromatic carboxylic acids is 1. The second kappa shape index (κ2) is 5.22. The molecule has 1 aromatic carbocycles. The summed E-state index contributed by atoms with van der Waals surface area (Å²) < 4.78 is 6.11. The van der Waals surface area contributed by atoms with Crippen molar-refractivity contribution in [1.82, 2.24) is 4.98 Å². The Morgan fingerprint density at radius 3 is 2.83 bits per heavy atom. The second-order valence-corrected chi connectivity index (χ2v) is 4.62. The number of carbonyl (C=O) groups is 1. The highest BCUT2D eigenvalue weighted by atomic mass is 79.9. The Kier molecular flexibility index (Phi) is 3.66. The quantitative estimate of drug-likeness (QED) is 0.940. The van der Waals surface area contributed by atoms with E-state index in [1.165, 1.54) is 0 Å². The molecule has 0 aliphatic heterocycles. The van der Waals surface area contributed by atoms with Crippen LogP contribution in [0.15, 0.2) is 39.4 Å². The minimum atomic E-state index is -1.10. The molecule has 0 spiro atoms. The molecule has 5 nitrogen and oxygen atoms in total. The Morgan fingerprint density at radius 2 is 2.22 bits per heavy atom. The molecule has 0 bridgehead atoms. The Morgan fingerprint density at radius 1 is 1.50 bits per heavy atom. The maximum Gasteiger partial charge on any atom is 0.357 e. The molecule has 18 heavy (non-hydrogen) atoms. The van der Waals surface area contributed by atoms with E-state index >= 15 is 0 Å². The lowest BCUT2D eigenvalue weighted by Crippen LogP contribution is -2.17. The third kappa shape index (κ3) is 2.70. The number of oxazole rings is 1. The van der Waals surface area contributed by atoms with E-state index in [1.54, 1.807) is 11.9 Å². The van der Waals surface area contributed by atoms with Crippen molar-refractivity contribution in [1.29, 1.82) is 0 Å². The molecule has 2 aromatic rings. The third-order valence-corrected chi connectivity index (χ3v) is 3.18. The zero-order valence-corrected chi connectivity index (χ0v) is 11.2. The van der Waals surface area contributed by atoms with E-state index in [9.17, 15) is 4.79 Å². The van der Waals surface area contributed by atoms with Crippen LogP contribution >= 0.6 is 15.9 Å². The summed E-state index contributed by atoms with van der Waals surface area (Å²) in [6.07, 6.45) is 1.13. The highest BCUT2D eigenvalue weighted by Gasteiger charge is 2.14. The predicted molar refractivity (Wildman–Crippen MR) is 69.7 cm³/mol. The van der Waals surface area contributed by atoms with Gasteiger partial charge in [-0.2, -0.15) is 4.98 Å². The summed E-state index contributed by atoms with van der Waals surface area (Å²) in [4.78, 5) is 16.3. The maximum atomic E-state index is 10.7. The van der Waals surface area contributed by atoms with Crippen molar-refractivity contribution in [2.24, 2.45) is 0 Å². The summed E-state index contributed by atoms with van der Waals surface area (Å²) in [5.74, 6) is -1.10. The van der Waals surface area contributed by atoms with Gasteiger partial charge in [0.15, 0.2) is 5.69 Å². The van der Waals surface area contributed by atoms with E-state index in [2.05, 4.69) is 20.9 Å². The maximum absolute atomic E-state index is 10.7. The molecule has 2 rings (SSSR count). The van der Waals surface area contributed by atoms with Crippen LogP contribution in [0.1, 0.15) is 16.1 Å². The monoisotopic (exact) mass is 310 g/mol. The van der Waals surface area contributed by atoms with Crippen LogP contribution in [0.2, 0.25) is 0 Å². The van der Waals surface area contributed by atoms with Crippen molar-refractivity contribution >= 4 is 27.9 Å². The van der Waals surface area contributed by atoms with Gasteiger partial charge in [-0.25, -0.2) is 4.79 Å². The summed E-state index contributed by atoms with van der Waals surface area (Å²) in [6, 6.07) is 8.07. The number of rotatable bonds is 4. The van der Waals surface area contributed by atoms with Gasteiger partial charge in [0.05, 0.1) is 0 Å². The Labute approximate surface area is 112 Å². The lowest BCUT2D eigenvalue weighted by molar-refractivity contribution is 0.0690. The van der Waals surface area contributed by atoms with E-state index < -0.39 is 5.97 Å². The van der Waals surface area contributed by atoms with Crippen LogP contribution in [-0.4, -0.2) is 23.1 Å². The van der Waals surface area contributed by atoms with Crippen molar-refractivity contribution in [3.8, 4) is 0 Å². The summed E-state index contributed by atoms with van der Waals surface area (Å²) in [7, 11) is 1.79. The smallest absolute Gasteiger partial charge is 0.357 e. The standard InChI is InChI=1S/C12H11BrN2O3/c1-15(6-8-4-2-3-5-9(8)13)12-14-10(7-18-12)11(16)17/h2-5,7H,6H2,1H3,(H,16,17). The molecule has 94 valence electrons. The van der Waals surface area contributed by atoms with Gasteiger partial charge in [-0.15, -0.1) is 0 Å². The highest BCUT2D eigenvalue weighted by molar-refractivity contribution is 9.10. The van der Waals surface area contributed by atoms with Gasteiger partial charge in [-0.05, 0) is 11.6 Å². The minimum absolute atomic E-state index is 0.0935. The molecule has 0 fully saturated rings. The van der Waals surface area contributed by atoms with E-state index in [-0.39, 0.29) is 11.7 Å². The molecule has 0 radical (unpaired) electrons. The van der Waals surface area contributed by atoms with E-state index in [0.717, 1.165) is 16.3 Å². The van der Waals surface area contributed by atoms with Crippen molar-refractivity contribution in [2.45, 2.75) is 6.54 Å². The van der Waals surface area contributed by atoms with Crippen molar-refractivity contribution in [2.75, 3.05) is 11.9 Å². The molecule has 0 aliphatic rings. The van der Waals surface area contributed by atoms with Gasteiger partial charge in [0.2, 0.25) is 0 Å². The summed E-state index contributed by atoms with van der Waals surface area (Å²) >= 11 is 3.45. The number of benzene rings is 1. The van der Waals surface area contributed by atoms with Gasteiger partial charge in [0.1, 0.15) is 6.26 Å². The fourth-order valence-electron chi connectivity index (χ4n) is 1.49. The molecule has 0 aliphatic carbocycles. The van der Waals surface area contributed by atoms with Crippen LogP contribution in [0.4, 0.5) is 6.01 Å². The molecule has 1 N–H and O–H groups in total. The summed E-state index contributed by atoms with van der Waals surface area (Å²) in [5, 5.41) is 8.77. The molecule has 0 saturated heterocycles. The van der Waals surface area contributed by atoms with Gasteiger partial charge >= 0.3 is 5.97 Å². The molecular weight excluding hydrogens is 300 g/mol. The number of hydrogen-bond donors (Lipinski definition) is 1. The van der Waals surface area contributed by atoms with Gasteiger partial charge in [0, 0.05) is 18.1 Å². The van der Waals surface area contributed by atoms with Crippen LogP contribution in [0, 0.1) is 0 Å². The third-order valence-electron chi connectivity index (χ3n) is 2.40. The van der Waals surface area contributed by atoms with Gasteiger partial charge in [0.25, 0.3) is 6.01 Å². The minimum Gasteiger partial charge on any atom is -0.476 e. The molecule has 0 saturated carbocycles. The molecule has 0 atom stereocenters. The van der Waals surface area contributed by atoms with Crippen molar-refractivity contribution in [3.63, 3.8) is 0 Å². The Hall–Kier alpha value is -1.82. The van der Waals surface area contributed by atoms with Crippen LogP contribution in [0.5, 0.6) is 0 Å². The SMILES string of the molecule is CN(Cc1ccccc1Br)c1nc(C(=O)O)co1. The molecule has 0 unspecified atom stereocenters. The van der Waals surface area contributed by atoms with E-state index in [0.29, 0.717) is 6.54 Å². The Bertz CT molecular complexity index is 568. The highest BCUT2D eigenvalue weighted by Crippen LogP contribution is 2.20. The zero-order chi connectivity index (χ0) is 13.1. The van der Waals surface area contributed by atoms with Gasteiger partial charge in [-0.1, -0.05) is 34.1 Å². The lowest BCUT2D eigenvalue weighted by Gasteiger charge is -2.15. The molecular formula is C12H11BrN2O3. The largest absolute Gasteiger partial charge is 0.476 e. The van der Waals surface area contributed by atoms with E-state index in [4.69, 9.17) is 9.52 Å². The zero-order valence-electron chi connectivity index (χ0n) is 9.63. The molecule has 6 heteroatoms. The molecule has 1 heterocycles. The number of nitrogens with zero attached hydrogens (tertiary/aromatic N) is 2. The number of halogens is 1. The average molecular weight is 311 g/mol. The number of hydrogen-bond acceptors (Lipinski definition) is 4. The lowest BCUT2D eigenvalue weighted by atomic mass is 10.2. The average Bonchev–Trinajstić information content (AvgIpc) is 2.81. The van der Waals surface area contributed by atoms with Crippen LogP contribution in [0.25, 0.3) is 0 Å². The van der Waals surface area contributed by atoms with Gasteiger partial charge < -0.3 is 14.4 Å². The summed E-state index contributed by atoms with van der Waals surface area (Å²) in [6.45, 7) is 0.570. The number of aromatic nitrogens is 1. The predicted octanol–water partition coefficient (Wildman–Crippen LogP) is 2.77. The molecule has 1 aromatic heterocycles. The van der Waals surface area contributed by atoms with Crippen LogP contribution in [0.3, 0.4) is 0 Å². The van der Waals surface area contributed by atoms with Gasteiger partial charge in [-0.3, -0.25) is 0 Å². The van der Waals surface area contributed by atoms with Crippen molar-refractivity contribution < 1.29 is 14.3 Å². The second-order valence-electron chi connectivity index (χ2n) is 3.77. The number of anilines is 1. The first-order valence-electron chi connectivity index (χ1n) is 5.21. The Balaban J connectivity index is 2.14. The van der Waals surface area contributed by atoms with Crippen LogP contribution < -0.4 is 4.90 Å². The van der Waals surface area contributed by atoms with Crippen molar-refractivity contribution in [3.05, 3.63) is 46.3 Å². The topological polar surface area (TPSA) is 66.6 Å². The molecule has 0 amide bonds. The number of carboxylic acid groups (broad SMARTS) is 1. The summed E-state index contributed by atoms with van der Waals surface area (Å²) in [5.41, 5.74) is 0.971. The fraction of sp³-hybridized carbons (Fsp3) is 0.167. The first-order valence-corrected chi connectivity index (χ1v) is 6.00. The van der Waals surface area contributed by atoms with E-state index in [1.807, 2.05) is 24.3 Å². The number of carboxylic acids is 1. The normalized spacial score (nSPS) is 10.3. The fourth-order valence-corrected chi connectivity index (χ4v) is 1.90. The van der Waals surface area contributed by atoms with Crippen LogP contribution in [-0.2, 0) is 6.54 Å².